The van der Waals surface area contributed by atoms with Gasteiger partial charge in [-0.15, -0.1) is 0 Å². The van der Waals surface area contributed by atoms with Crippen molar-refractivity contribution in [2.24, 2.45) is 0 Å². The van der Waals surface area contributed by atoms with Crippen molar-refractivity contribution in [1.82, 2.24) is 5.32 Å². The third kappa shape index (κ3) is 4.02. The fraction of sp³-hybridized carbons (Fsp3) is 0.500. The van der Waals surface area contributed by atoms with Crippen LogP contribution < -0.4 is 5.32 Å². The third-order valence-corrected chi connectivity index (χ3v) is 3.12. The van der Waals surface area contributed by atoms with E-state index in [1.807, 2.05) is 30.3 Å². The minimum absolute atomic E-state index is 0.102. The third-order valence-electron chi connectivity index (χ3n) is 3.12. The lowest BCUT2D eigenvalue weighted by Crippen LogP contribution is -2.56. The molecule has 0 saturated carbocycles. The van der Waals surface area contributed by atoms with Crippen molar-refractivity contribution in [3.63, 3.8) is 0 Å². The zero-order valence-corrected chi connectivity index (χ0v) is 10.9. The number of carboxylic acids is 1. The number of hydrogen-bond acceptors (Lipinski definition) is 4. The number of morpholine rings is 1. The topological polar surface area (TPSA) is 67.8 Å². The maximum atomic E-state index is 10.9. The second kappa shape index (κ2) is 6.65. The Morgan fingerprint density at radius 1 is 1.47 bits per heavy atom. The first-order chi connectivity index (χ1) is 9.16. The van der Waals surface area contributed by atoms with Crippen LogP contribution >= 0.6 is 0 Å². The van der Waals surface area contributed by atoms with Crippen LogP contribution in [0.15, 0.2) is 30.3 Å². The fourth-order valence-corrected chi connectivity index (χ4v) is 2.12. The molecule has 104 valence electrons. The monoisotopic (exact) mass is 265 g/mol. The van der Waals surface area contributed by atoms with Gasteiger partial charge in [0, 0.05) is 6.54 Å². The molecule has 1 aromatic carbocycles. The van der Waals surface area contributed by atoms with Crippen LogP contribution in [0.2, 0.25) is 0 Å². The molecule has 1 heterocycles. The van der Waals surface area contributed by atoms with Gasteiger partial charge >= 0.3 is 5.97 Å². The molecule has 2 N–H and O–H groups in total. The summed E-state index contributed by atoms with van der Waals surface area (Å²) in [5.74, 6) is -0.879. The second-order valence-corrected chi connectivity index (χ2v) is 4.69. The van der Waals surface area contributed by atoms with Crippen LogP contribution in [0.5, 0.6) is 0 Å². The molecule has 1 fully saturated rings. The molecule has 0 bridgehead atoms. The normalized spacial score (nSPS) is 27.1. The molecular weight excluding hydrogens is 246 g/mol. The van der Waals surface area contributed by atoms with Gasteiger partial charge in [0.05, 0.1) is 25.4 Å². The van der Waals surface area contributed by atoms with Crippen LogP contribution in [0, 0.1) is 0 Å². The van der Waals surface area contributed by atoms with Crippen molar-refractivity contribution in [3.05, 3.63) is 35.9 Å². The molecule has 19 heavy (non-hydrogen) atoms. The maximum Gasteiger partial charge on any atom is 0.323 e. The Morgan fingerprint density at radius 2 is 2.21 bits per heavy atom. The summed E-state index contributed by atoms with van der Waals surface area (Å²) in [6.07, 6.45) is -0.453. The van der Waals surface area contributed by atoms with Crippen LogP contribution in [0.3, 0.4) is 0 Å². The van der Waals surface area contributed by atoms with Gasteiger partial charge in [-0.1, -0.05) is 30.3 Å². The Labute approximate surface area is 112 Å². The Bertz CT molecular complexity index is 409. The number of carboxylic acid groups (broad SMARTS) is 1. The Kier molecular flexibility index (Phi) is 4.90. The number of rotatable bonds is 5. The molecule has 3 atom stereocenters. The summed E-state index contributed by atoms with van der Waals surface area (Å²) in [5.41, 5.74) is 1.11. The average molecular weight is 265 g/mol. The highest BCUT2D eigenvalue weighted by atomic mass is 16.5. The van der Waals surface area contributed by atoms with Crippen LogP contribution in [0.4, 0.5) is 0 Å². The highest BCUT2D eigenvalue weighted by Crippen LogP contribution is 2.11. The van der Waals surface area contributed by atoms with Gasteiger partial charge in [0.15, 0.2) is 0 Å². The lowest BCUT2D eigenvalue weighted by atomic mass is 10.1. The standard InChI is InChI=1S/C14H19NO4/c1-10-13(14(16)17)15-7-12(19-10)9-18-8-11-5-3-2-4-6-11/h2-6,10,12-13,15H,7-9H2,1H3,(H,16,17). The zero-order chi connectivity index (χ0) is 13.7. The lowest BCUT2D eigenvalue weighted by molar-refractivity contribution is -0.151. The smallest absolute Gasteiger partial charge is 0.323 e. The molecule has 1 aliphatic heterocycles. The van der Waals surface area contributed by atoms with Gasteiger partial charge in [-0.2, -0.15) is 0 Å². The molecular formula is C14H19NO4. The quantitative estimate of drug-likeness (QED) is 0.832. The van der Waals surface area contributed by atoms with E-state index >= 15 is 0 Å². The summed E-state index contributed by atoms with van der Waals surface area (Å²) >= 11 is 0. The van der Waals surface area contributed by atoms with E-state index in [1.54, 1.807) is 6.92 Å². The van der Waals surface area contributed by atoms with Crippen molar-refractivity contribution in [1.29, 1.82) is 0 Å². The van der Waals surface area contributed by atoms with E-state index in [-0.39, 0.29) is 12.2 Å². The molecule has 2 rings (SSSR count). The molecule has 1 saturated heterocycles. The van der Waals surface area contributed by atoms with E-state index < -0.39 is 12.0 Å². The van der Waals surface area contributed by atoms with Gasteiger partial charge in [0.1, 0.15) is 6.04 Å². The van der Waals surface area contributed by atoms with E-state index in [2.05, 4.69) is 5.32 Å². The van der Waals surface area contributed by atoms with Crippen LogP contribution in [0.25, 0.3) is 0 Å². The molecule has 5 nitrogen and oxygen atoms in total. The summed E-state index contributed by atoms with van der Waals surface area (Å²) in [5, 5.41) is 11.9. The highest BCUT2D eigenvalue weighted by Gasteiger charge is 2.32. The van der Waals surface area contributed by atoms with Gasteiger partial charge < -0.3 is 14.6 Å². The first kappa shape index (κ1) is 14.0. The molecule has 0 radical (unpaired) electrons. The van der Waals surface area contributed by atoms with E-state index in [1.165, 1.54) is 0 Å². The summed E-state index contributed by atoms with van der Waals surface area (Å²) < 4.78 is 11.2. The van der Waals surface area contributed by atoms with E-state index in [0.717, 1.165) is 5.56 Å². The maximum absolute atomic E-state index is 10.9. The van der Waals surface area contributed by atoms with Gasteiger partial charge in [-0.05, 0) is 12.5 Å². The molecule has 1 aliphatic rings. The largest absolute Gasteiger partial charge is 0.480 e. The van der Waals surface area contributed by atoms with Crippen molar-refractivity contribution >= 4 is 5.97 Å². The van der Waals surface area contributed by atoms with Crippen molar-refractivity contribution < 1.29 is 19.4 Å². The fourth-order valence-electron chi connectivity index (χ4n) is 2.12. The Hall–Kier alpha value is -1.43. The first-order valence-electron chi connectivity index (χ1n) is 6.40. The molecule has 5 heteroatoms. The minimum atomic E-state index is -0.879. The zero-order valence-electron chi connectivity index (χ0n) is 10.9. The van der Waals surface area contributed by atoms with Crippen LogP contribution in [-0.2, 0) is 20.9 Å². The average Bonchev–Trinajstić information content (AvgIpc) is 2.39. The molecule has 0 aromatic heterocycles. The number of hydrogen-bond donors (Lipinski definition) is 2. The summed E-state index contributed by atoms with van der Waals surface area (Å²) in [4.78, 5) is 10.9. The van der Waals surface area contributed by atoms with E-state index in [0.29, 0.717) is 19.8 Å². The van der Waals surface area contributed by atoms with Crippen LogP contribution in [-0.4, -0.2) is 42.5 Å². The molecule has 1 aromatic rings. The van der Waals surface area contributed by atoms with Crippen LogP contribution in [0.1, 0.15) is 12.5 Å². The second-order valence-electron chi connectivity index (χ2n) is 4.69. The highest BCUT2D eigenvalue weighted by molar-refractivity contribution is 5.74. The Morgan fingerprint density at radius 3 is 2.84 bits per heavy atom. The van der Waals surface area contributed by atoms with Gasteiger partial charge in [0.25, 0.3) is 0 Å². The summed E-state index contributed by atoms with van der Waals surface area (Å²) in [6.45, 7) is 3.25. The number of benzene rings is 1. The minimum Gasteiger partial charge on any atom is -0.480 e. The number of carbonyl (C=O) groups is 1. The van der Waals surface area contributed by atoms with Gasteiger partial charge in [-0.3, -0.25) is 10.1 Å². The number of ether oxygens (including phenoxy) is 2. The lowest BCUT2D eigenvalue weighted by Gasteiger charge is -2.33. The predicted octanol–water partition coefficient (Wildman–Crippen LogP) is 1.03. The van der Waals surface area contributed by atoms with Crippen molar-refractivity contribution in [3.8, 4) is 0 Å². The molecule has 0 aliphatic carbocycles. The summed E-state index contributed by atoms with van der Waals surface area (Å²) in [6, 6.07) is 9.27. The predicted molar refractivity (Wildman–Crippen MR) is 69.9 cm³/mol. The molecule has 0 spiro atoms. The van der Waals surface area contributed by atoms with Gasteiger partial charge in [0.2, 0.25) is 0 Å². The summed E-state index contributed by atoms with van der Waals surface area (Å²) in [7, 11) is 0. The van der Waals surface area contributed by atoms with Gasteiger partial charge in [-0.25, -0.2) is 0 Å². The number of nitrogens with one attached hydrogen (secondary N) is 1. The van der Waals surface area contributed by atoms with E-state index in [9.17, 15) is 4.79 Å². The Balaban J connectivity index is 1.72. The SMILES string of the molecule is CC1OC(COCc2ccccc2)CNC1C(=O)O. The molecule has 3 unspecified atom stereocenters. The van der Waals surface area contributed by atoms with Crippen molar-refractivity contribution in [2.45, 2.75) is 31.8 Å². The van der Waals surface area contributed by atoms with E-state index in [4.69, 9.17) is 14.6 Å². The number of aliphatic carboxylic acids is 1. The van der Waals surface area contributed by atoms with Crippen molar-refractivity contribution in [2.75, 3.05) is 13.2 Å². The molecule has 0 amide bonds. The first-order valence-corrected chi connectivity index (χ1v) is 6.40.